The maximum atomic E-state index is 11.6. The molecule has 18 heavy (non-hydrogen) atoms. The van der Waals surface area contributed by atoms with Crippen LogP contribution in [-0.4, -0.2) is 55.2 Å². The van der Waals surface area contributed by atoms with Crippen LogP contribution in [0.4, 0.5) is 0 Å². The average molecular weight is 257 g/mol. The van der Waals surface area contributed by atoms with E-state index in [0.29, 0.717) is 0 Å². The van der Waals surface area contributed by atoms with Gasteiger partial charge in [0.15, 0.2) is 0 Å². The van der Waals surface area contributed by atoms with Crippen LogP contribution in [-0.2, 0) is 9.53 Å². The van der Waals surface area contributed by atoms with Crippen molar-refractivity contribution >= 4 is 5.91 Å². The summed E-state index contributed by atoms with van der Waals surface area (Å²) in [5.41, 5.74) is 4.91. The van der Waals surface area contributed by atoms with Crippen LogP contribution in [0.5, 0.6) is 0 Å². The van der Waals surface area contributed by atoms with Crippen molar-refractivity contribution in [2.75, 3.05) is 32.8 Å². The lowest BCUT2D eigenvalue weighted by Gasteiger charge is -2.32. The first-order chi connectivity index (χ1) is 8.44. The Hall–Kier alpha value is -0.650. The fourth-order valence-electron chi connectivity index (χ4n) is 2.38. The van der Waals surface area contributed by atoms with Gasteiger partial charge in [-0.25, -0.2) is 0 Å². The molecule has 0 radical (unpaired) electrons. The number of primary amides is 1. The van der Waals surface area contributed by atoms with E-state index in [1.54, 1.807) is 0 Å². The largest absolute Gasteiger partial charge is 0.379 e. The second-order valence-electron chi connectivity index (χ2n) is 5.55. The normalized spacial score (nSPS) is 20.9. The Morgan fingerprint density at radius 1 is 1.44 bits per heavy atom. The second kappa shape index (κ2) is 7.07. The number of hydrogen-bond donors (Lipinski definition) is 2. The Bertz CT molecular complexity index is 265. The van der Waals surface area contributed by atoms with Gasteiger partial charge in [-0.3, -0.25) is 9.69 Å². The van der Waals surface area contributed by atoms with Gasteiger partial charge in [-0.1, -0.05) is 0 Å². The van der Waals surface area contributed by atoms with Crippen LogP contribution in [0.1, 0.15) is 33.6 Å². The number of morpholine rings is 1. The van der Waals surface area contributed by atoms with Crippen molar-refractivity contribution in [2.24, 2.45) is 5.73 Å². The molecule has 1 heterocycles. The molecule has 0 aromatic carbocycles. The summed E-state index contributed by atoms with van der Waals surface area (Å²) in [5.74, 6) is -0.266. The van der Waals surface area contributed by atoms with Gasteiger partial charge in [0.2, 0.25) is 5.91 Å². The Balaban J connectivity index is 2.35. The third kappa shape index (κ3) is 4.92. The molecule has 3 N–H and O–H groups in total. The highest BCUT2D eigenvalue weighted by Gasteiger charge is 2.30. The minimum Gasteiger partial charge on any atom is -0.379 e. The van der Waals surface area contributed by atoms with E-state index < -0.39 is 5.54 Å². The number of ether oxygens (including phenoxy) is 1. The number of hydrogen-bond acceptors (Lipinski definition) is 4. The highest BCUT2D eigenvalue weighted by Crippen LogP contribution is 2.14. The summed E-state index contributed by atoms with van der Waals surface area (Å²) in [6, 6.07) is 0.255. The number of carbonyl (C=O) groups excluding carboxylic acids is 1. The lowest BCUT2D eigenvalue weighted by Crippen LogP contribution is -2.55. The maximum absolute atomic E-state index is 11.6. The van der Waals surface area contributed by atoms with E-state index in [1.807, 2.05) is 20.8 Å². The number of carbonyl (C=O) groups is 1. The summed E-state index contributed by atoms with van der Waals surface area (Å²) < 4.78 is 5.31. The Morgan fingerprint density at radius 3 is 2.56 bits per heavy atom. The van der Waals surface area contributed by atoms with Crippen LogP contribution >= 0.6 is 0 Å². The van der Waals surface area contributed by atoms with Gasteiger partial charge >= 0.3 is 0 Å². The third-order valence-corrected chi connectivity index (χ3v) is 3.41. The Labute approximate surface area is 110 Å². The molecule has 0 spiro atoms. The SMILES string of the molecule is CC(C)NC(C)(CCCN1CCOCC1)C(N)=O. The molecule has 1 atom stereocenters. The molecule has 1 fully saturated rings. The van der Waals surface area contributed by atoms with E-state index in [2.05, 4.69) is 10.2 Å². The quantitative estimate of drug-likeness (QED) is 0.690. The van der Waals surface area contributed by atoms with Crippen LogP contribution in [0.15, 0.2) is 0 Å². The first-order valence-corrected chi connectivity index (χ1v) is 6.82. The highest BCUT2D eigenvalue weighted by atomic mass is 16.5. The van der Waals surface area contributed by atoms with Gasteiger partial charge in [0.1, 0.15) is 0 Å². The van der Waals surface area contributed by atoms with E-state index in [1.165, 1.54) is 0 Å². The molecule has 1 saturated heterocycles. The van der Waals surface area contributed by atoms with E-state index in [0.717, 1.165) is 45.7 Å². The molecule has 5 nitrogen and oxygen atoms in total. The van der Waals surface area contributed by atoms with Gasteiger partial charge in [0.05, 0.1) is 18.8 Å². The molecule has 1 amide bonds. The minimum atomic E-state index is -0.597. The average Bonchev–Trinajstić information content (AvgIpc) is 2.29. The minimum absolute atomic E-state index is 0.255. The summed E-state index contributed by atoms with van der Waals surface area (Å²) in [5, 5.41) is 3.28. The van der Waals surface area contributed by atoms with E-state index >= 15 is 0 Å². The molecule has 0 aromatic rings. The number of nitrogens with one attached hydrogen (secondary N) is 1. The van der Waals surface area contributed by atoms with Crippen molar-refractivity contribution < 1.29 is 9.53 Å². The van der Waals surface area contributed by atoms with Gasteiger partial charge in [0, 0.05) is 19.1 Å². The molecule has 0 aromatic heterocycles. The third-order valence-electron chi connectivity index (χ3n) is 3.41. The standard InChI is InChI=1S/C13H27N3O2/c1-11(2)15-13(3,12(14)17)5-4-6-16-7-9-18-10-8-16/h11,15H,4-10H2,1-3H3,(H2,14,17). The number of amides is 1. The molecule has 1 aliphatic rings. The van der Waals surface area contributed by atoms with Crippen LogP contribution in [0.3, 0.4) is 0 Å². The fourth-order valence-corrected chi connectivity index (χ4v) is 2.38. The molecule has 1 rings (SSSR count). The molecule has 1 aliphatic heterocycles. The van der Waals surface area contributed by atoms with Crippen molar-refractivity contribution in [3.63, 3.8) is 0 Å². The molecule has 1 unspecified atom stereocenters. The molecular formula is C13H27N3O2. The predicted octanol–water partition coefficient (Wildman–Crippen LogP) is 0.341. The Kier molecular flexibility index (Phi) is 6.05. The predicted molar refractivity (Wildman–Crippen MR) is 72.4 cm³/mol. The maximum Gasteiger partial charge on any atom is 0.237 e. The first kappa shape index (κ1) is 15.4. The zero-order valence-corrected chi connectivity index (χ0v) is 11.9. The van der Waals surface area contributed by atoms with Crippen LogP contribution in [0, 0.1) is 0 Å². The summed E-state index contributed by atoms with van der Waals surface area (Å²) in [6.07, 6.45) is 1.75. The summed E-state index contributed by atoms with van der Waals surface area (Å²) in [6.45, 7) is 10.6. The van der Waals surface area contributed by atoms with Crippen molar-refractivity contribution in [3.05, 3.63) is 0 Å². The van der Waals surface area contributed by atoms with E-state index in [4.69, 9.17) is 10.5 Å². The van der Waals surface area contributed by atoms with E-state index in [9.17, 15) is 4.79 Å². The van der Waals surface area contributed by atoms with Gasteiger partial charge in [-0.15, -0.1) is 0 Å². The van der Waals surface area contributed by atoms with E-state index in [-0.39, 0.29) is 11.9 Å². The van der Waals surface area contributed by atoms with Crippen molar-refractivity contribution in [1.82, 2.24) is 10.2 Å². The fraction of sp³-hybridized carbons (Fsp3) is 0.923. The second-order valence-corrected chi connectivity index (χ2v) is 5.55. The highest BCUT2D eigenvalue weighted by molar-refractivity contribution is 5.84. The van der Waals surface area contributed by atoms with Gasteiger partial charge in [-0.2, -0.15) is 0 Å². The molecule has 5 heteroatoms. The van der Waals surface area contributed by atoms with Crippen molar-refractivity contribution in [2.45, 2.75) is 45.2 Å². The number of nitrogens with zero attached hydrogens (tertiary/aromatic N) is 1. The van der Waals surface area contributed by atoms with Crippen molar-refractivity contribution in [1.29, 1.82) is 0 Å². The summed E-state index contributed by atoms with van der Waals surface area (Å²) >= 11 is 0. The molecule has 0 bridgehead atoms. The lowest BCUT2D eigenvalue weighted by atomic mass is 9.93. The zero-order valence-electron chi connectivity index (χ0n) is 11.9. The monoisotopic (exact) mass is 257 g/mol. The topological polar surface area (TPSA) is 67.6 Å². The van der Waals surface area contributed by atoms with Crippen LogP contribution < -0.4 is 11.1 Å². The van der Waals surface area contributed by atoms with Gasteiger partial charge < -0.3 is 15.8 Å². The molecular weight excluding hydrogens is 230 g/mol. The smallest absolute Gasteiger partial charge is 0.237 e. The van der Waals surface area contributed by atoms with Gasteiger partial charge in [-0.05, 0) is 40.2 Å². The first-order valence-electron chi connectivity index (χ1n) is 6.82. The molecule has 106 valence electrons. The number of rotatable bonds is 7. The van der Waals surface area contributed by atoms with Crippen LogP contribution in [0.25, 0.3) is 0 Å². The van der Waals surface area contributed by atoms with Gasteiger partial charge in [0.25, 0.3) is 0 Å². The lowest BCUT2D eigenvalue weighted by molar-refractivity contribution is -0.124. The number of nitrogens with two attached hydrogens (primary N) is 1. The summed E-state index contributed by atoms with van der Waals surface area (Å²) in [7, 11) is 0. The summed E-state index contributed by atoms with van der Waals surface area (Å²) in [4.78, 5) is 13.9. The van der Waals surface area contributed by atoms with Crippen LogP contribution in [0.2, 0.25) is 0 Å². The van der Waals surface area contributed by atoms with Crippen molar-refractivity contribution in [3.8, 4) is 0 Å². The molecule has 0 saturated carbocycles. The zero-order chi connectivity index (χ0) is 13.6. The molecule has 0 aliphatic carbocycles. The Morgan fingerprint density at radius 2 is 2.06 bits per heavy atom.